The van der Waals surface area contributed by atoms with Crippen LogP contribution in [0.3, 0.4) is 0 Å². The minimum absolute atomic E-state index is 0.00105. The molecule has 0 aromatic heterocycles. The second-order valence-electron chi connectivity index (χ2n) is 20.3. The van der Waals surface area contributed by atoms with Gasteiger partial charge in [-0.1, -0.05) is 31.2 Å². The van der Waals surface area contributed by atoms with E-state index < -0.39 is 126 Å². The van der Waals surface area contributed by atoms with E-state index in [2.05, 4.69) is 5.32 Å². The molecule has 0 spiro atoms. The van der Waals surface area contributed by atoms with E-state index in [0.29, 0.717) is 0 Å². The molecular weight excluding hydrogens is 1000 g/mol. The quantitative estimate of drug-likeness (QED) is 0.0839. The molecule has 0 bridgehead atoms. The number of carbonyl (C=O) groups excluding carboxylic acids is 6. The highest BCUT2D eigenvalue weighted by atomic mass is 16.7. The van der Waals surface area contributed by atoms with Crippen molar-refractivity contribution in [2.75, 3.05) is 27.9 Å². The first-order valence-electron chi connectivity index (χ1n) is 25.5. The molecule has 10 rings (SSSR count). The van der Waals surface area contributed by atoms with Crippen LogP contribution < -0.4 is 20.5 Å². The van der Waals surface area contributed by atoms with Crippen molar-refractivity contribution in [3.63, 3.8) is 0 Å². The Bertz CT molecular complexity index is 3090. The highest BCUT2D eigenvalue weighted by Crippen LogP contribution is 2.54. The number of Topliss-reactive ketones (excluding diaryl/α,β-unsaturated/α-hetero) is 2. The highest BCUT2D eigenvalue weighted by Gasteiger charge is 2.48. The number of nitrogens with two attached hydrogens (primary N) is 1. The van der Waals surface area contributed by atoms with Crippen LogP contribution in [0.25, 0.3) is 0 Å². The number of hydrogen-bond acceptors (Lipinski definition) is 21. The van der Waals surface area contributed by atoms with Crippen molar-refractivity contribution in [2.45, 2.75) is 127 Å². The standard InChI is InChI=1S/C28H31NO10.C28H31NO9/c1-11-24(32)15(29-2)9-19(38-11)39-18-8-12(16(31)10-30)7-14-21(18)28(36)23-22(26(14)34)25(33)13-5-4-6-17(37-3)20(13)27(23)35;1-4-16(30)12-8-14-21(18(9-12)38-19-10-15(29)24(31)11(2)37-19)28(35)23-22(26(14)33)25(32)13-6-5-7-17(36-3)20(13)27(23)34/h4-6,11-12,15,18-19,24,29-30,32,34,36H,7-10H2,1-3H3;5-7,11-12,15,18-19,24,31,33,35H,4,8-10,29H2,1-3H3/t2*11-,12+,15-,18-,19-,24-/m00/s1. The van der Waals surface area contributed by atoms with Gasteiger partial charge in [0.1, 0.15) is 46.9 Å². The molecule has 0 unspecified atom stereocenters. The Kier molecular flexibility index (Phi) is 15.5. The van der Waals surface area contributed by atoms with Crippen LogP contribution in [-0.4, -0.2) is 147 Å². The largest absolute Gasteiger partial charge is 0.507 e. The number of rotatable bonds is 11. The van der Waals surface area contributed by atoms with Gasteiger partial charge in [-0.2, -0.15) is 0 Å². The van der Waals surface area contributed by atoms with Crippen molar-refractivity contribution in [1.29, 1.82) is 0 Å². The number of likely N-dealkylation sites (N-methyl/N-ethyl adjacent to an activating group) is 1. The Hall–Kier alpha value is -6.66. The van der Waals surface area contributed by atoms with Crippen LogP contribution in [0, 0.1) is 11.8 Å². The zero-order valence-electron chi connectivity index (χ0n) is 43.2. The molecule has 4 aliphatic carbocycles. The second kappa shape index (κ2) is 21.6. The fourth-order valence-corrected chi connectivity index (χ4v) is 11.9. The Labute approximate surface area is 441 Å². The maximum Gasteiger partial charge on any atom is 0.202 e. The lowest BCUT2D eigenvalue weighted by atomic mass is 9.73. The molecule has 21 heteroatoms. The molecule has 410 valence electrons. The summed E-state index contributed by atoms with van der Waals surface area (Å²) >= 11 is 0. The number of nitrogens with one attached hydrogen (secondary N) is 1. The van der Waals surface area contributed by atoms with Gasteiger partial charge in [-0.25, -0.2) is 0 Å². The number of ether oxygens (including phenoxy) is 6. The van der Waals surface area contributed by atoms with Gasteiger partial charge in [0, 0.05) is 76.6 Å². The molecular formula is C56H62N2O19. The average molecular weight is 1070 g/mol. The number of phenols is 4. The van der Waals surface area contributed by atoms with Crippen molar-refractivity contribution < 1.29 is 92.9 Å². The van der Waals surface area contributed by atoms with Crippen molar-refractivity contribution >= 4 is 34.7 Å². The van der Waals surface area contributed by atoms with Gasteiger partial charge in [0.15, 0.2) is 29.9 Å². The molecule has 2 fully saturated rings. The smallest absolute Gasteiger partial charge is 0.202 e. The van der Waals surface area contributed by atoms with Crippen LogP contribution in [0.5, 0.6) is 34.5 Å². The molecule has 2 heterocycles. The van der Waals surface area contributed by atoms with Crippen molar-refractivity contribution in [1.82, 2.24) is 5.32 Å². The number of phenolic OH excluding ortho intramolecular Hbond substituents is 4. The summed E-state index contributed by atoms with van der Waals surface area (Å²) in [4.78, 5) is 79.7. The molecule has 2 saturated heterocycles. The molecule has 0 saturated carbocycles. The third kappa shape index (κ3) is 9.35. The van der Waals surface area contributed by atoms with Gasteiger partial charge in [0.05, 0.1) is 84.2 Å². The number of fused-ring (bicyclic) bond motifs is 6. The number of ketones is 6. The molecule has 6 aliphatic rings. The van der Waals surface area contributed by atoms with Gasteiger partial charge in [-0.15, -0.1) is 0 Å². The summed E-state index contributed by atoms with van der Waals surface area (Å²) in [7, 11) is 4.42. The van der Waals surface area contributed by atoms with E-state index >= 15 is 0 Å². The molecule has 4 aromatic carbocycles. The normalized spacial score (nSPS) is 28.1. The predicted octanol–water partition coefficient (Wildman–Crippen LogP) is 3.45. The van der Waals surface area contributed by atoms with E-state index in [1.54, 1.807) is 40.0 Å². The molecule has 2 aliphatic heterocycles. The van der Waals surface area contributed by atoms with Crippen LogP contribution >= 0.6 is 0 Å². The van der Waals surface area contributed by atoms with Crippen LogP contribution in [0.1, 0.15) is 151 Å². The molecule has 12 atom stereocenters. The topological polar surface area (TPSA) is 337 Å². The van der Waals surface area contributed by atoms with Gasteiger partial charge in [-0.05, 0) is 58.7 Å². The van der Waals surface area contributed by atoms with Crippen molar-refractivity contribution in [2.24, 2.45) is 17.6 Å². The first-order chi connectivity index (χ1) is 36.7. The third-order valence-corrected chi connectivity index (χ3v) is 15.9. The van der Waals surface area contributed by atoms with Crippen LogP contribution in [0.2, 0.25) is 0 Å². The Balaban J connectivity index is 0.000000188. The Morgan fingerprint density at radius 2 is 1.05 bits per heavy atom. The van der Waals surface area contributed by atoms with E-state index in [9.17, 15) is 64.5 Å². The molecule has 21 nitrogen and oxygen atoms in total. The van der Waals surface area contributed by atoms with Crippen LogP contribution in [-0.2, 0) is 41.4 Å². The fourth-order valence-electron chi connectivity index (χ4n) is 11.9. The minimum atomic E-state index is -1.03. The lowest BCUT2D eigenvalue weighted by molar-refractivity contribution is -0.245. The van der Waals surface area contributed by atoms with E-state index in [-0.39, 0.29) is 135 Å². The van der Waals surface area contributed by atoms with E-state index in [0.717, 1.165) is 0 Å². The van der Waals surface area contributed by atoms with Gasteiger partial charge in [0.25, 0.3) is 0 Å². The number of hydrogen-bond donors (Lipinski definition) is 9. The van der Waals surface area contributed by atoms with Gasteiger partial charge in [-0.3, -0.25) is 28.8 Å². The number of aliphatic hydroxyl groups excluding tert-OH is 3. The van der Waals surface area contributed by atoms with Gasteiger partial charge >= 0.3 is 0 Å². The number of benzene rings is 4. The highest BCUT2D eigenvalue weighted by molar-refractivity contribution is 6.32. The third-order valence-electron chi connectivity index (χ3n) is 15.9. The maximum absolute atomic E-state index is 13.7. The van der Waals surface area contributed by atoms with E-state index in [1.807, 2.05) is 0 Å². The Morgan fingerprint density at radius 3 is 1.47 bits per heavy atom. The SMILES string of the molecule is CCC(=O)[C@@H]1Cc2c(O)c3c(c(O)c2[C@@H](O[C@H]2C[C@H](N)[C@@H](O)[C@H](C)O2)C1)C(=O)c1c(OC)cccc1C3=O.CN[C@H]1C[C@H](O[C@H]2C[C@H](C(=O)CO)Cc3c(O)c4c(c(O)c32)C(=O)c2c(OC)cccc2C4=O)O[C@@H](C)[C@@H]1O. The number of carbonyl (C=O) groups is 6. The molecule has 0 radical (unpaired) electrons. The van der Waals surface area contributed by atoms with Crippen molar-refractivity contribution in [3.8, 4) is 34.5 Å². The first kappa shape index (κ1) is 55.1. The maximum atomic E-state index is 13.7. The average Bonchev–Trinajstić information content (AvgIpc) is 3.43. The summed E-state index contributed by atoms with van der Waals surface area (Å²) in [6.07, 6.45) is -5.75. The Morgan fingerprint density at radius 1 is 0.623 bits per heavy atom. The molecule has 4 aromatic rings. The molecule has 0 amide bonds. The lowest BCUT2D eigenvalue weighted by Crippen LogP contribution is -2.53. The monoisotopic (exact) mass is 1070 g/mol. The summed E-state index contributed by atoms with van der Waals surface area (Å²) in [5.41, 5.74) is 5.25. The van der Waals surface area contributed by atoms with Gasteiger partial charge in [0.2, 0.25) is 11.6 Å². The summed E-state index contributed by atoms with van der Waals surface area (Å²) in [5.74, 6) is -6.22. The number of aromatic hydroxyl groups is 4. The molecule has 77 heavy (non-hydrogen) atoms. The summed E-state index contributed by atoms with van der Waals surface area (Å²) in [5, 5.41) is 78.9. The number of methoxy groups -OCH3 is 2. The summed E-state index contributed by atoms with van der Waals surface area (Å²) in [6, 6.07) is 8.10. The first-order valence-corrected chi connectivity index (χ1v) is 25.5. The van der Waals surface area contributed by atoms with E-state index in [4.69, 9.17) is 34.2 Å². The summed E-state index contributed by atoms with van der Waals surface area (Å²) < 4.78 is 34.7. The van der Waals surface area contributed by atoms with Crippen LogP contribution in [0.4, 0.5) is 0 Å². The van der Waals surface area contributed by atoms with Gasteiger partial charge < -0.3 is 75.2 Å². The van der Waals surface area contributed by atoms with E-state index in [1.165, 1.54) is 38.5 Å². The predicted molar refractivity (Wildman–Crippen MR) is 269 cm³/mol. The zero-order valence-corrected chi connectivity index (χ0v) is 43.2. The lowest BCUT2D eigenvalue weighted by Gasteiger charge is -2.41. The fraction of sp³-hybridized carbons (Fsp3) is 0.464. The second-order valence-corrected chi connectivity index (χ2v) is 20.3. The van der Waals surface area contributed by atoms with Crippen molar-refractivity contribution in [3.05, 3.63) is 103 Å². The minimum Gasteiger partial charge on any atom is -0.507 e. The zero-order chi connectivity index (χ0) is 55.6. The van der Waals surface area contributed by atoms with Crippen LogP contribution in [0.15, 0.2) is 36.4 Å². The molecule has 10 N–H and O–H groups in total. The summed E-state index contributed by atoms with van der Waals surface area (Å²) in [6.45, 7) is 4.34. The number of aliphatic hydroxyl groups is 3.